The normalized spacial score (nSPS) is 10.6. The van der Waals surface area contributed by atoms with Crippen molar-refractivity contribution in [3.05, 3.63) is 33.4 Å². The van der Waals surface area contributed by atoms with Crippen LogP contribution in [0.25, 0.3) is 0 Å². The molecule has 0 radical (unpaired) electrons. The Morgan fingerprint density at radius 3 is 2.50 bits per heavy atom. The Balaban J connectivity index is 3.11. The second kappa shape index (κ2) is 4.96. The average Bonchev–Trinajstić information content (AvgIpc) is 2.19. The first-order valence-corrected chi connectivity index (χ1v) is 5.31. The zero-order valence-electron chi connectivity index (χ0n) is 10.1. The zero-order valence-corrected chi connectivity index (χ0v) is 10.1. The van der Waals surface area contributed by atoms with Crippen molar-refractivity contribution in [1.82, 2.24) is 0 Å². The molecule has 0 bridgehead atoms. The van der Waals surface area contributed by atoms with Gasteiger partial charge in [-0.05, 0) is 25.3 Å². The Labute approximate surface area is 95.4 Å². The topological polar surface area (TPSA) is 52.4 Å². The lowest BCUT2D eigenvalue weighted by Crippen LogP contribution is -2.07. The molecule has 1 rings (SSSR count). The average molecular weight is 223 g/mol. The Kier molecular flexibility index (Phi) is 3.88. The van der Waals surface area contributed by atoms with E-state index in [2.05, 4.69) is 0 Å². The SMILES string of the molecule is Cc1ccc([N+](=O)[O-])c(OCC(C)C)c1C. The number of nitro groups is 1. The van der Waals surface area contributed by atoms with Crippen LogP contribution in [0, 0.1) is 29.9 Å². The molecule has 0 spiro atoms. The summed E-state index contributed by atoms with van der Waals surface area (Å²) in [5.74, 6) is 0.748. The Hall–Kier alpha value is -1.58. The van der Waals surface area contributed by atoms with Crippen molar-refractivity contribution >= 4 is 5.69 Å². The molecule has 1 aromatic rings. The fourth-order valence-electron chi connectivity index (χ4n) is 1.35. The summed E-state index contributed by atoms with van der Waals surface area (Å²) in [5, 5.41) is 10.9. The van der Waals surface area contributed by atoms with Gasteiger partial charge in [0.05, 0.1) is 11.5 Å². The van der Waals surface area contributed by atoms with E-state index in [0.29, 0.717) is 18.3 Å². The van der Waals surface area contributed by atoms with Crippen LogP contribution in [-0.2, 0) is 0 Å². The van der Waals surface area contributed by atoms with E-state index in [9.17, 15) is 10.1 Å². The van der Waals surface area contributed by atoms with Gasteiger partial charge in [-0.2, -0.15) is 0 Å². The number of ether oxygens (including phenoxy) is 1. The van der Waals surface area contributed by atoms with Crippen LogP contribution in [0.5, 0.6) is 5.75 Å². The number of nitrogens with zero attached hydrogens (tertiary/aromatic N) is 1. The first kappa shape index (κ1) is 12.5. The predicted molar refractivity (Wildman–Crippen MR) is 62.9 cm³/mol. The maximum Gasteiger partial charge on any atom is 0.311 e. The smallest absolute Gasteiger partial charge is 0.311 e. The molecule has 0 heterocycles. The van der Waals surface area contributed by atoms with Crippen LogP contribution in [0.4, 0.5) is 5.69 Å². The van der Waals surface area contributed by atoms with E-state index < -0.39 is 4.92 Å². The third-order valence-corrected chi connectivity index (χ3v) is 2.41. The van der Waals surface area contributed by atoms with Crippen molar-refractivity contribution in [2.45, 2.75) is 27.7 Å². The van der Waals surface area contributed by atoms with Gasteiger partial charge in [-0.1, -0.05) is 19.9 Å². The van der Waals surface area contributed by atoms with Crippen LogP contribution in [0.15, 0.2) is 12.1 Å². The van der Waals surface area contributed by atoms with Gasteiger partial charge < -0.3 is 4.74 Å². The molecule has 0 unspecified atom stereocenters. The number of benzene rings is 1. The Bertz CT molecular complexity index is 399. The van der Waals surface area contributed by atoms with E-state index in [1.807, 2.05) is 27.7 Å². The van der Waals surface area contributed by atoms with Gasteiger partial charge in [-0.15, -0.1) is 0 Å². The molecule has 4 heteroatoms. The maximum atomic E-state index is 10.9. The summed E-state index contributed by atoms with van der Waals surface area (Å²) in [6.07, 6.45) is 0. The number of hydrogen-bond acceptors (Lipinski definition) is 3. The van der Waals surface area contributed by atoms with Gasteiger partial charge >= 0.3 is 5.69 Å². The fraction of sp³-hybridized carbons (Fsp3) is 0.500. The lowest BCUT2D eigenvalue weighted by Gasteiger charge is -2.12. The van der Waals surface area contributed by atoms with Crippen molar-refractivity contribution in [3.63, 3.8) is 0 Å². The third-order valence-electron chi connectivity index (χ3n) is 2.41. The first-order chi connectivity index (χ1) is 7.43. The molecule has 4 nitrogen and oxygen atoms in total. The van der Waals surface area contributed by atoms with E-state index in [1.165, 1.54) is 6.07 Å². The summed E-state index contributed by atoms with van der Waals surface area (Å²) in [7, 11) is 0. The summed E-state index contributed by atoms with van der Waals surface area (Å²) in [4.78, 5) is 10.5. The van der Waals surface area contributed by atoms with Crippen molar-refractivity contribution in [1.29, 1.82) is 0 Å². The van der Waals surface area contributed by atoms with Crippen molar-refractivity contribution in [2.24, 2.45) is 5.92 Å². The lowest BCUT2D eigenvalue weighted by atomic mass is 10.1. The van der Waals surface area contributed by atoms with Gasteiger partial charge in [0.15, 0.2) is 5.75 Å². The van der Waals surface area contributed by atoms with Crippen molar-refractivity contribution < 1.29 is 9.66 Å². The van der Waals surface area contributed by atoms with Gasteiger partial charge in [0.2, 0.25) is 0 Å². The van der Waals surface area contributed by atoms with Gasteiger partial charge in [-0.25, -0.2) is 0 Å². The minimum atomic E-state index is -0.401. The highest BCUT2D eigenvalue weighted by Crippen LogP contribution is 2.32. The van der Waals surface area contributed by atoms with E-state index in [0.717, 1.165) is 11.1 Å². The van der Waals surface area contributed by atoms with Gasteiger partial charge in [0.25, 0.3) is 0 Å². The van der Waals surface area contributed by atoms with Crippen LogP contribution in [0.3, 0.4) is 0 Å². The van der Waals surface area contributed by atoms with E-state index in [4.69, 9.17) is 4.74 Å². The summed E-state index contributed by atoms with van der Waals surface area (Å²) >= 11 is 0. The highest BCUT2D eigenvalue weighted by molar-refractivity contribution is 5.54. The maximum absolute atomic E-state index is 10.9. The third kappa shape index (κ3) is 2.72. The second-order valence-corrected chi connectivity index (χ2v) is 4.32. The molecule has 0 saturated heterocycles. The molecule has 0 N–H and O–H groups in total. The van der Waals surface area contributed by atoms with Crippen LogP contribution < -0.4 is 4.74 Å². The van der Waals surface area contributed by atoms with Crippen LogP contribution >= 0.6 is 0 Å². The number of hydrogen-bond donors (Lipinski definition) is 0. The van der Waals surface area contributed by atoms with Gasteiger partial charge in [0, 0.05) is 11.6 Å². The number of aryl methyl sites for hydroxylation is 1. The molecular formula is C12H17NO3. The van der Waals surface area contributed by atoms with Gasteiger partial charge in [-0.3, -0.25) is 10.1 Å². The highest BCUT2D eigenvalue weighted by atomic mass is 16.6. The Morgan fingerprint density at radius 2 is 2.00 bits per heavy atom. The van der Waals surface area contributed by atoms with E-state index in [-0.39, 0.29) is 5.69 Å². The van der Waals surface area contributed by atoms with Crippen molar-refractivity contribution in [2.75, 3.05) is 6.61 Å². The van der Waals surface area contributed by atoms with Crippen LogP contribution in [0.2, 0.25) is 0 Å². The zero-order chi connectivity index (χ0) is 12.3. The molecule has 0 aromatic heterocycles. The number of nitro benzene ring substituents is 1. The van der Waals surface area contributed by atoms with Crippen LogP contribution in [-0.4, -0.2) is 11.5 Å². The molecule has 1 aromatic carbocycles. The molecule has 0 atom stereocenters. The van der Waals surface area contributed by atoms with E-state index in [1.54, 1.807) is 6.07 Å². The molecular weight excluding hydrogens is 206 g/mol. The predicted octanol–water partition coefficient (Wildman–Crippen LogP) is 3.25. The van der Waals surface area contributed by atoms with E-state index >= 15 is 0 Å². The number of rotatable bonds is 4. The quantitative estimate of drug-likeness (QED) is 0.581. The van der Waals surface area contributed by atoms with Crippen LogP contribution in [0.1, 0.15) is 25.0 Å². The minimum Gasteiger partial charge on any atom is -0.486 e. The Morgan fingerprint density at radius 1 is 1.38 bits per heavy atom. The standard InChI is InChI=1S/C12H17NO3/c1-8(2)7-16-12-10(4)9(3)5-6-11(12)13(14)15/h5-6,8H,7H2,1-4H3. The second-order valence-electron chi connectivity index (χ2n) is 4.32. The first-order valence-electron chi connectivity index (χ1n) is 5.31. The summed E-state index contributed by atoms with van der Waals surface area (Å²) < 4.78 is 5.53. The molecule has 0 amide bonds. The van der Waals surface area contributed by atoms with Crippen molar-refractivity contribution in [3.8, 4) is 5.75 Å². The fourth-order valence-corrected chi connectivity index (χ4v) is 1.35. The molecule has 0 aliphatic heterocycles. The molecule has 16 heavy (non-hydrogen) atoms. The molecule has 0 fully saturated rings. The lowest BCUT2D eigenvalue weighted by molar-refractivity contribution is -0.386. The minimum absolute atomic E-state index is 0.0451. The monoisotopic (exact) mass is 223 g/mol. The summed E-state index contributed by atoms with van der Waals surface area (Å²) in [6, 6.07) is 3.24. The largest absolute Gasteiger partial charge is 0.486 e. The summed E-state index contributed by atoms with van der Waals surface area (Å²) in [6.45, 7) is 8.28. The highest BCUT2D eigenvalue weighted by Gasteiger charge is 2.18. The molecule has 0 saturated carbocycles. The summed E-state index contributed by atoms with van der Waals surface area (Å²) in [5.41, 5.74) is 1.89. The van der Waals surface area contributed by atoms with Gasteiger partial charge in [0.1, 0.15) is 0 Å². The molecule has 0 aliphatic carbocycles. The molecule has 88 valence electrons. The molecule has 0 aliphatic rings.